The van der Waals surface area contributed by atoms with Gasteiger partial charge in [-0.15, -0.1) is 0 Å². The van der Waals surface area contributed by atoms with E-state index in [-0.39, 0.29) is 16.8 Å². The maximum absolute atomic E-state index is 15.9. The van der Waals surface area contributed by atoms with Gasteiger partial charge in [0.15, 0.2) is 11.6 Å². The van der Waals surface area contributed by atoms with E-state index in [1.807, 2.05) is 41.3 Å². The van der Waals surface area contributed by atoms with Crippen LogP contribution in [0.2, 0.25) is 10.0 Å². The summed E-state index contributed by atoms with van der Waals surface area (Å²) >= 11 is 12.3. The number of aromatic carboxylic acids is 1. The quantitative estimate of drug-likeness (QED) is 0.267. The van der Waals surface area contributed by atoms with Crippen molar-refractivity contribution < 1.29 is 19.0 Å². The van der Waals surface area contributed by atoms with E-state index in [0.29, 0.717) is 47.4 Å². The number of carboxylic acids is 1. The zero-order valence-corrected chi connectivity index (χ0v) is 25.2. The number of hydrogen-bond donors (Lipinski definition) is 1. The number of anilines is 2. The molecule has 0 radical (unpaired) electrons. The maximum atomic E-state index is 15.9. The second kappa shape index (κ2) is 12.1. The molecule has 2 fully saturated rings. The van der Waals surface area contributed by atoms with Gasteiger partial charge in [-0.25, -0.2) is 9.18 Å². The number of ether oxygens (including phenoxy) is 1. The fraction of sp³-hybridized carbons (Fsp3) is 0.312. The normalized spacial score (nSPS) is 15.8. The number of piperazine rings is 1. The monoisotopic (exact) mass is 624 g/mol. The van der Waals surface area contributed by atoms with E-state index in [4.69, 9.17) is 27.9 Å². The van der Waals surface area contributed by atoms with Crippen LogP contribution in [-0.4, -0.2) is 66.9 Å². The summed E-state index contributed by atoms with van der Waals surface area (Å²) in [6.07, 6.45) is 3.69. The number of halogens is 3. The average Bonchev–Trinajstić information content (AvgIpc) is 3.52. The SMILES string of the molecule is COc1c(N2CCN(c3ccc(Cl)c(Cl)c3)CC2)c(F)cc2c(=O)c(C(=O)O)cn(-c3ccc(CN4CCCC4)cc3)c12. The summed E-state index contributed by atoms with van der Waals surface area (Å²) in [4.78, 5) is 31.8. The number of fused-ring (bicyclic) bond motifs is 1. The highest BCUT2D eigenvalue weighted by atomic mass is 35.5. The molecule has 0 spiro atoms. The van der Waals surface area contributed by atoms with Crippen LogP contribution in [0.1, 0.15) is 28.8 Å². The van der Waals surface area contributed by atoms with Crippen LogP contribution < -0.4 is 20.0 Å². The third kappa shape index (κ3) is 5.64. The summed E-state index contributed by atoms with van der Waals surface area (Å²) < 4.78 is 23.3. The molecule has 1 N–H and O–H groups in total. The first-order valence-electron chi connectivity index (χ1n) is 14.2. The van der Waals surface area contributed by atoms with Crippen LogP contribution in [0, 0.1) is 5.82 Å². The second-order valence-corrected chi connectivity index (χ2v) is 11.7. The number of benzene rings is 3. The standard InChI is InChI=1S/C32H31Cl2FN4O4/c1-43-31-28-23(17-27(35)29(31)38-14-12-37(13-15-38)22-8-9-25(33)26(34)16-22)30(40)24(32(41)42)19-39(28)21-6-4-20(5-7-21)18-36-10-2-3-11-36/h4-9,16-17,19H,2-3,10-15,18H2,1H3,(H,41,42). The molecule has 4 aromatic rings. The minimum atomic E-state index is -1.38. The Kier molecular flexibility index (Phi) is 8.22. The van der Waals surface area contributed by atoms with Crippen LogP contribution in [-0.2, 0) is 6.54 Å². The van der Waals surface area contributed by atoms with Crippen LogP contribution in [0.5, 0.6) is 5.75 Å². The average molecular weight is 626 g/mol. The van der Waals surface area contributed by atoms with E-state index >= 15 is 4.39 Å². The van der Waals surface area contributed by atoms with Crippen molar-refractivity contribution in [2.45, 2.75) is 19.4 Å². The molecule has 0 atom stereocenters. The Balaban J connectivity index is 1.41. The molecule has 224 valence electrons. The van der Waals surface area contributed by atoms with Crippen LogP contribution in [0.4, 0.5) is 15.8 Å². The van der Waals surface area contributed by atoms with E-state index in [1.54, 1.807) is 10.6 Å². The van der Waals surface area contributed by atoms with Crippen molar-refractivity contribution in [1.82, 2.24) is 9.47 Å². The number of hydrogen-bond acceptors (Lipinski definition) is 6. The Hall–Kier alpha value is -3.79. The first-order chi connectivity index (χ1) is 20.7. The molecule has 0 bridgehead atoms. The Morgan fingerprint density at radius 2 is 1.56 bits per heavy atom. The van der Waals surface area contributed by atoms with Gasteiger partial charge in [-0.1, -0.05) is 35.3 Å². The van der Waals surface area contributed by atoms with Crippen molar-refractivity contribution in [3.63, 3.8) is 0 Å². The maximum Gasteiger partial charge on any atom is 0.341 e. The Morgan fingerprint density at radius 1 is 0.907 bits per heavy atom. The summed E-state index contributed by atoms with van der Waals surface area (Å²) in [6, 6.07) is 14.4. The van der Waals surface area contributed by atoms with Crippen molar-refractivity contribution >= 4 is 51.4 Å². The van der Waals surface area contributed by atoms with Gasteiger partial charge in [0.05, 0.1) is 22.5 Å². The number of likely N-dealkylation sites (tertiary alicyclic amines) is 1. The molecule has 6 rings (SSSR count). The molecule has 0 unspecified atom stereocenters. The molecule has 0 amide bonds. The fourth-order valence-electron chi connectivity index (χ4n) is 6.09. The Morgan fingerprint density at radius 3 is 2.19 bits per heavy atom. The predicted octanol–water partition coefficient (Wildman–Crippen LogP) is 6.07. The minimum absolute atomic E-state index is 0.0615. The lowest BCUT2D eigenvalue weighted by Gasteiger charge is -2.38. The topological polar surface area (TPSA) is 78.2 Å². The van der Waals surface area contributed by atoms with E-state index < -0.39 is 22.8 Å². The van der Waals surface area contributed by atoms with E-state index in [2.05, 4.69) is 9.80 Å². The first kappa shape index (κ1) is 29.3. The molecule has 1 aromatic heterocycles. The fourth-order valence-corrected chi connectivity index (χ4v) is 6.38. The van der Waals surface area contributed by atoms with Crippen molar-refractivity contribution in [3.8, 4) is 11.4 Å². The molecule has 0 aliphatic carbocycles. The van der Waals surface area contributed by atoms with Gasteiger partial charge in [0, 0.05) is 50.3 Å². The predicted molar refractivity (Wildman–Crippen MR) is 168 cm³/mol. The van der Waals surface area contributed by atoms with Crippen molar-refractivity contribution in [2.75, 3.05) is 56.2 Å². The third-order valence-corrected chi connectivity index (χ3v) is 9.03. The summed E-state index contributed by atoms with van der Waals surface area (Å²) in [5.74, 6) is -1.86. The van der Waals surface area contributed by atoms with Gasteiger partial charge in [0.25, 0.3) is 0 Å². The van der Waals surface area contributed by atoms with Crippen LogP contribution >= 0.6 is 23.2 Å². The molecular formula is C32H31Cl2FN4O4. The number of methoxy groups -OCH3 is 1. The van der Waals surface area contributed by atoms with Crippen molar-refractivity contribution in [2.24, 2.45) is 0 Å². The molecular weight excluding hydrogens is 594 g/mol. The molecule has 43 heavy (non-hydrogen) atoms. The third-order valence-electron chi connectivity index (χ3n) is 8.29. The molecule has 11 heteroatoms. The highest BCUT2D eigenvalue weighted by Gasteiger charge is 2.28. The van der Waals surface area contributed by atoms with Gasteiger partial charge in [-0.05, 0) is 67.9 Å². The number of rotatable bonds is 7. The summed E-state index contributed by atoms with van der Waals surface area (Å²) in [7, 11) is 1.43. The summed E-state index contributed by atoms with van der Waals surface area (Å²) in [5.41, 5.74) is 2.02. The zero-order valence-electron chi connectivity index (χ0n) is 23.7. The van der Waals surface area contributed by atoms with Gasteiger partial charge < -0.3 is 24.2 Å². The lowest BCUT2D eigenvalue weighted by molar-refractivity contribution is 0.0695. The number of nitrogens with zero attached hydrogens (tertiary/aromatic N) is 4. The highest BCUT2D eigenvalue weighted by molar-refractivity contribution is 6.42. The summed E-state index contributed by atoms with van der Waals surface area (Å²) in [5, 5.41) is 10.7. The van der Waals surface area contributed by atoms with E-state index in [9.17, 15) is 14.7 Å². The van der Waals surface area contributed by atoms with Crippen LogP contribution in [0.15, 0.2) is 59.5 Å². The molecule has 2 saturated heterocycles. The van der Waals surface area contributed by atoms with Crippen LogP contribution in [0.3, 0.4) is 0 Å². The van der Waals surface area contributed by atoms with Gasteiger partial charge >= 0.3 is 5.97 Å². The lowest BCUT2D eigenvalue weighted by atomic mass is 10.1. The zero-order chi connectivity index (χ0) is 30.2. The second-order valence-electron chi connectivity index (χ2n) is 10.9. The Bertz CT molecular complexity index is 1750. The Labute approximate surface area is 258 Å². The minimum Gasteiger partial charge on any atom is -0.492 e. The lowest BCUT2D eigenvalue weighted by Crippen LogP contribution is -2.47. The number of aromatic nitrogens is 1. The first-order valence-corrected chi connectivity index (χ1v) is 15.0. The van der Waals surface area contributed by atoms with E-state index in [1.165, 1.54) is 26.1 Å². The van der Waals surface area contributed by atoms with Gasteiger partial charge in [-0.2, -0.15) is 0 Å². The molecule has 8 nitrogen and oxygen atoms in total. The van der Waals surface area contributed by atoms with Crippen LogP contribution in [0.25, 0.3) is 16.6 Å². The van der Waals surface area contributed by atoms with E-state index in [0.717, 1.165) is 37.0 Å². The molecule has 2 aliphatic heterocycles. The van der Waals surface area contributed by atoms with Gasteiger partial charge in [-0.3, -0.25) is 9.69 Å². The van der Waals surface area contributed by atoms with Gasteiger partial charge in [0.2, 0.25) is 5.43 Å². The molecule has 0 saturated carbocycles. The number of pyridine rings is 1. The molecule has 2 aliphatic rings. The largest absolute Gasteiger partial charge is 0.492 e. The number of carbonyl (C=O) groups is 1. The molecule has 3 aromatic carbocycles. The highest BCUT2D eigenvalue weighted by Crippen LogP contribution is 2.40. The van der Waals surface area contributed by atoms with Gasteiger partial charge in [0.1, 0.15) is 16.8 Å². The van der Waals surface area contributed by atoms with Crippen molar-refractivity contribution in [1.29, 1.82) is 0 Å². The number of carboxylic acid groups (broad SMARTS) is 1. The van der Waals surface area contributed by atoms with Crippen molar-refractivity contribution in [3.05, 3.63) is 91.9 Å². The smallest absolute Gasteiger partial charge is 0.341 e. The summed E-state index contributed by atoms with van der Waals surface area (Å²) in [6.45, 7) is 5.09. The molecule has 3 heterocycles.